The van der Waals surface area contributed by atoms with E-state index in [9.17, 15) is 9.59 Å². The fourth-order valence-corrected chi connectivity index (χ4v) is 2.52. The second kappa shape index (κ2) is 6.91. The van der Waals surface area contributed by atoms with E-state index in [1.807, 2.05) is 26.8 Å². The van der Waals surface area contributed by atoms with Gasteiger partial charge in [-0.1, -0.05) is 13.8 Å². The van der Waals surface area contributed by atoms with Crippen LogP contribution in [0, 0.1) is 0 Å². The van der Waals surface area contributed by atoms with Crippen LogP contribution in [0.2, 0.25) is 0 Å². The lowest BCUT2D eigenvalue weighted by Crippen LogP contribution is -2.46. The predicted molar refractivity (Wildman–Crippen MR) is 79.9 cm³/mol. The van der Waals surface area contributed by atoms with Crippen molar-refractivity contribution in [2.45, 2.75) is 45.8 Å². The van der Waals surface area contributed by atoms with Crippen molar-refractivity contribution in [2.24, 2.45) is 0 Å². The van der Waals surface area contributed by atoms with Gasteiger partial charge in [-0.2, -0.15) is 5.10 Å². The van der Waals surface area contributed by atoms with Crippen molar-refractivity contribution in [3.63, 3.8) is 0 Å². The number of carbonyl (C=O) groups excluding carboxylic acids is 1. The molecule has 1 atom stereocenters. The number of aromatic nitrogens is 2. The van der Waals surface area contributed by atoms with E-state index in [1.54, 1.807) is 9.58 Å². The zero-order valence-electron chi connectivity index (χ0n) is 13.3. The summed E-state index contributed by atoms with van der Waals surface area (Å²) in [5.41, 5.74) is 1.45. The number of hydrogen-bond donors (Lipinski definition) is 1. The Bertz CT molecular complexity index is 553. The summed E-state index contributed by atoms with van der Waals surface area (Å²) < 4.78 is 7.12. The quantitative estimate of drug-likeness (QED) is 0.887. The molecule has 1 N–H and O–H groups in total. The standard InChI is InChI=1S/C15H23N3O4/c1-4-18-13(8-12(16-18)10(2)3)15(21)17-5-6-22-11(9-17)7-14(19)20/h8,10-11H,4-7,9H2,1-3H3,(H,19,20). The lowest BCUT2D eigenvalue weighted by molar-refractivity contribution is -0.141. The van der Waals surface area contributed by atoms with E-state index in [-0.39, 0.29) is 18.2 Å². The molecular weight excluding hydrogens is 286 g/mol. The summed E-state index contributed by atoms with van der Waals surface area (Å²) in [7, 11) is 0. The molecule has 7 nitrogen and oxygen atoms in total. The summed E-state index contributed by atoms with van der Waals surface area (Å²) in [5.74, 6) is -0.774. The minimum Gasteiger partial charge on any atom is -0.481 e. The molecule has 1 aliphatic rings. The predicted octanol–water partition coefficient (Wildman–Crippen LogP) is 1.34. The molecule has 2 heterocycles. The van der Waals surface area contributed by atoms with Crippen molar-refractivity contribution in [3.8, 4) is 0 Å². The number of hydrogen-bond acceptors (Lipinski definition) is 4. The molecule has 122 valence electrons. The summed E-state index contributed by atoms with van der Waals surface area (Å²) in [5, 5.41) is 13.3. The highest BCUT2D eigenvalue weighted by Gasteiger charge is 2.28. The molecule has 0 bridgehead atoms. The molecule has 7 heteroatoms. The maximum Gasteiger partial charge on any atom is 0.306 e. The molecule has 2 rings (SSSR count). The summed E-state index contributed by atoms with van der Waals surface area (Å²) in [4.78, 5) is 25.2. The molecule has 0 aliphatic carbocycles. The highest BCUT2D eigenvalue weighted by Crippen LogP contribution is 2.18. The monoisotopic (exact) mass is 309 g/mol. The van der Waals surface area contributed by atoms with Gasteiger partial charge >= 0.3 is 5.97 Å². The van der Waals surface area contributed by atoms with Gasteiger partial charge in [-0.15, -0.1) is 0 Å². The van der Waals surface area contributed by atoms with Crippen LogP contribution in [0.15, 0.2) is 6.07 Å². The SMILES string of the molecule is CCn1nc(C(C)C)cc1C(=O)N1CCOC(CC(=O)O)C1. The molecule has 0 saturated carbocycles. The van der Waals surface area contributed by atoms with Gasteiger partial charge in [-0.05, 0) is 18.9 Å². The molecule has 22 heavy (non-hydrogen) atoms. The maximum absolute atomic E-state index is 12.7. The van der Waals surface area contributed by atoms with Gasteiger partial charge in [0.15, 0.2) is 0 Å². The van der Waals surface area contributed by atoms with E-state index in [1.165, 1.54) is 0 Å². The number of carboxylic acids is 1. The number of morpholine rings is 1. The van der Waals surface area contributed by atoms with Crippen molar-refractivity contribution in [1.29, 1.82) is 0 Å². The van der Waals surface area contributed by atoms with Gasteiger partial charge in [0.25, 0.3) is 5.91 Å². The largest absolute Gasteiger partial charge is 0.481 e. The van der Waals surface area contributed by atoms with Crippen LogP contribution in [0.3, 0.4) is 0 Å². The van der Waals surface area contributed by atoms with Gasteiger partial charge in [-0.3, -0.25) is 14.3 Å². The Balaban J connectivity index is 2.15. The molecule has 1 fully saturated rings. The van der Waals surface area contributed by atoms with E-state index in [4.69, 9.17) is 9.84 Å². The topological polar surface area (TPSA) is 84.7 Å². The number of amides is 1. The number of carbonyl (C=O) groups is 2. The Labute approximate surface area is 129 Å². The fraction of sp³-hybridized carbons (Fsp3) is 0.667. The normalized spacial score (nSPS) is 18.7. The van der Waals surface area contributed by atoms with E-state index < -0.39 is 12.1 Å². The third kappa shape index (κ3) is 3.65. The molecule has 1 aromatic heterocycles. The van der Waals surface area contributed by atoms with E-state index in [2.05, 4.69) is 5.10 Å². The highest BCUT2D eigenvalue weighted by molar-refractivity contribution is 5.93. The summed E-state index contributed by atoms with van der Waals surface area (Å²) >= 11 is 0. The molecule has 1 aromatic rings. The Morgan fingerprint density at radius 1 is 1.50 bits per heavy atom. The van der Waals surface area contributed by atoms with Crippen LogP contribution in [0.4, 0.5) is 0 Å². The van der Waals surface area contributed by atoms with Crippen LogP contribution < -0.4 is 0 Å². The van der Waals surface area contributed by atoms with E-state index in [0.29, 0.717) is 31.9 Å². The van der Waals surface area contributed by atoms with Gasteiger partial charge in [0, 0.05) is 19.6 Å². The van der Waals surface area contributed by atoms with Gasteiger partial charge in [-0.25, -0.2) is 0 Å². The fourth-order valence-electron chi connectivity index (χ4n) is 2.52. The molecule has 0 aromatic carbocycles. The molecule has 1 unspecified atom stereocenters. The second-order valence-electron chi connectivity index (χ2n) is 5.77. The zero-order chi connectivity index (χ0) is 16.3. The van der Waals surface area contributed by atoms with Crippen LogP contribution in [0.25, 0.3) is 0 Å². The van der Waals surface area contributed by atoms with Crippen LogP contribution in [-0.2, 0) is 16.1 Å². The minimum absolute atomic E-state index is 0.0892. The third-order valence-corrected chi connectivity index (χ3v) is 3.74. The van der Waals surface area contributed by atoms with Crippen molar-refractivity contribution in [1.82, 2.24) is 14.7 Å². The third-order valence-electron chi connectivity index (χ3n) is 3.74. The van der Waals surface area contributed by atoms with Crippen molar-refractivity contribution >= 4 is 11.9 Å². The lowest BCUT2D eigenvalue weighted by atomic mass is 10.1. The van der Waals surface area contributed by atoms with E-state index in [0.717, 1.165) is 5.69 Å². The lowest BCUT2D eigenvalue weighted by Gasteiger charge is -2.32. The Hall–Kier alpha value is -1.89. The first-order chi connectivity index (χ1) is 10.4. The van der Waals surface area contributed by atoms with Crippen LogP contribution in [-0.4, -0.2) is 57.5 Å². The Morgan fingerprint density at radius 3 is 2.82 bits per heavy atom. The molecule has 0 radical (unpaired) electrons. The number of nitrogens with zero attached hydrogens (tertiary/aromatic N) is 3. The van der Waals surface area contributed by atoms with E-state index >= 15 is 0 Å². The van der Waals surface area contributed by atoms with Crippen molar-refractivity contribution < 1.29 is 19.4 Å². The molecule has 1 amide bonds. The van der Waals surface area contributed by atoms with Gasteiger partial charge in [0.2, 0.25) is 0 Å². The van der Waals surface area contributed by atoms with Crippen molar-refractivity contribution in [3.05, 3.63) is 17.5 Å². The van der Waals surface area contributed by atoms with Crippen LogP contribution >= 0.6 is 0 Å². The zero-order valence-corrected chi connectivity index (χ0v) is 13.3. The molecule has 0 spiro atoms. The highest BCUT2D eigenvalue weighted by atomic mass is 16.5. The first-order valence-corrected chi connectivity index (χ1v) is 7.62. The average molecular weight is 309 g/mol. The first kappa shape index (κ1) is 16.5. The molecular formula is C15H23N3O4. The van der Waals surface area contributed by atoms with Gasteiger partial charge < -0.3 is 14.7 Å². The van der Waals surface area contributed by atoms with Crippen LogP contribution in [0.1, 0.15) is 49.3 Å². The number of aryl methyl sites for hydroxylation is 1. The minimum atomic E-state index is -0.917. The van der Waals surface area contributed by atoms with Crippen molar-refractivity contribution in [2.75, 3.05) is 19.7 Å². The second-order valence-corrected chi connectivity index (χ2v) is 5.77. The molecule has 1 saturated heterocycles. The average Bonchev–Trinajstić information content (AvgIpc) is 2.90. The number of carboxylic acid groups (broad SMARTS) is 1. The summed E-state index contributed by atoms with van der Waals surface area (Å²) in [6.07, 6.45) is -0.536. The number of ether oxygens (including phenoxy) is 1. The number of rotatable bonds is 5. The van der Waals surface area contributed by atoms with Crippen LogP contribution in [0.5, 0.6) is 0 Å². The Kier molecular flexibility index (Phi) is 5.18. The smallest absolute Gasteiger partial charge is 0.306 e. The number of aliphatic carboxylic acids is 1. The van der Waals surface area contributed by atoms with Gasteiger partial charge in [0.05, 0.1) is 24.8 Å². The summed E-state index contributed by atoms with van der Waals surface area (Å²) in [6.45, 7) is 7.78. The molecule has 1 aliphatic heterocycles. The maximum atomic E-state index is 12.7. The Morgan fingerprint density at radius 2 is 2.23 bits per heavy atom. The summed E-state index contributed by atoms with van der Waals surface area (Å²) in [6, 6.07) is 1.83. The van der Waals surface area contributed by atoms with Gasteiger partial charge in [0.1, 0.15) is 5.69 Å². The first-order valence-electron chi connectivity index (χ1n) is 7.62.